The Balaban J connectivity index is 2.07. The number of hydrogen-bond donors (Lipinski definition) is 1. The number of ether oxygens (including phenoxy) is 2. The SMILES string of the molecule is CCCCCCCCOc1ccc(/C=C(\C#N)C(=O)Nc2ccc(C)cc2C)cc1OCC. The summed E-state index contributed by atoms with van der Waals surface area (Å²) in [7, 11) is 0. The molecule has 0 spiro atoms. The van der Waals surface area contributed by atoms with E-state index in [9.17, 15) is 10.1 Å². The molecule has 0 atom stereocenters. The summed E-state index contributed by atoms with van der Waals surface area (Å²) in [5, 5.41) is 12.4. The molecule has 0 radical (unpaired) electrons. The van der Waals surface area contributed by atoms with Gasteiger partial charge in [0.25, 0.3) is 5.91 Å². The minimum Gasteiger partial charge on any atom is -0.490 e. The summed E-state index contributed by atoms with van der Waals surface area (Å²) in [6, 6.07) is 13.3. The summed E-state index contributed by atoms with van der Waals surface area (Å²) in [5.41, 5.74) is 3.49. The van der Waals surface area contributed by atoms with Gasteiger partial charge in [0, 0.05) is 5.69 Å². The topological polar surface area (TPSA) is 71.3 Å². The van der Waals surface area contributed by atoms with Crippen molar-refractivity contribution in [2.45, 2.75) is 66.2 Å². The normalized spacial score (nSPS) is 11.1. The summed E-state index contributed by atoms with van der Waals surface area (Å²) >= 11 is 0. The largest absolute Gasteiger partial charge is 0.490 e. The molecule has 0 unspecified atom stereocenters. The van der Waals surface area contributed by atoms with Crippen molar-refractivity contribution in [2.75, 3.05) is 18.5 Å². The third-order valence-corrected chi connectivity index (χ3v) is 5.33. The summed E-state index contributed by atoms with van der Waals surface area (Å²) in [6.07, 6.45) is 8.78. The van der Waals surface area contributed by atoms with Gasteiger partial charge in [-0.05, 0) is 62.6 Å². The van der Waals surface area contributed by atoms with Gasteiger partial charge < -0.3 is 14.8 Å². The zero-order chi connectivity index (χ0) is 24.1. The van der Waals surface area contributed by atoms with Crippen LogP contribution < -0.4 is 14.8 Å². The maximum absolute atomic E-state index is 12.7. The van der Waals surface area contributed by atoms with Crippen LogP contribution >= 0.6 is 0 Å². The van der Waals surface area contributed by atoms with Crippen LogP contribution in [0.4, 0.5) is 5.69 Å². The van der Waals surface area contributed by atoms with Crippen molar-refractivity contribution in [1.82, 2.24) is 0 Å². The first kappa shape index (κ1) is 26.0. The smallest absolute Gasteiger partial charge is 0.266 e. The van der Waals surface area contributed by atoms with Gasteiger partial charge in [0.2, 0.25) is 0 Å². The van der Waals surface area contributed by atoms with Crippen LogP contribution in [0.3, 0.4) is 0 Å². The van der Waals surface area contributed by atoms with E-state index in [2.05, 4.69) is 12.2 Å². The van der Waals surface area contributed by atoms with Crippen molar-refractivity contribution in [2.24, 2.45) is 0 Å². The molecule has 0 saturated carbocycles. The number of nitriles is 1. The van der Waals surface area contributed by atoms with Crippen LogP contribution in [0.5, 0.6) is 11.5 Å². The van der Waals surface area contributed by atoms with Crippen molar-refractivity contribution in [3.63, 3.8) is 0 Å². The fraction of sp³-hybridized carbons (Fsp3) is 0.429. The summed E-state index contributed by atoms with van der Waals surface area (Å²) in [5.74, 6) is 0.857. The summed E-state index contributed by atoms with van der Waals surface area (Å²) < 4.78 is 11.7. The molecule has 0 bridgehead atoms. The average molecular weight is 449 g/mol. The highest BCUT2D eigenvalue weighted by atomic mass is 16.5. The van der Waals surface area contributed by atoms with E-state index in [0.717, 1.165) is 24.0 Å². The number of aryl methyl sites for hydroxylation is 2. The molecule has 2 rings (SSSR count). The maximum atomic E-state index is 12.7. The van der Waals surface area contributed by atoms with Crippen LogP contribution in [0, 0.1) is 25.2 Å². The highest BCUT2D eigenvalue weighted by Gasteiger charge is 2.12. The predicted octanol–water partition coefficient (Wildman–Crippen LogP) is 6.99. The van der Waals surface area contributed by atoms with Gasteiger partial charge in [0.15, 0.2) is 11.5 Å². The van der Waals surface area contributed by atoms with Crippen molar-refractivity contribution in [1.29, 1.82) is 5.26 Å². The highest BCUT2D eigenvalue weighted by Crippen LogP contribution is 2.30. The molecule has 0 aromatic heterocycles. The van der Waals surface area contributed by atoms with Crippen molar-refractivity contribution in [3.05, 3.63) is 58.7 Å². The first-order valence-electron chi connectivity index (χ1n) is 11.9. The van der Waals surface area contributed by atoms with Gasteiger partial charge in [0.05, 0.1) is 13.2 Å². The first-order chi connectivity index (χ1) is 16.0. The lowest BCUT2D eigenvalue weighted by Crippen LogP contribution is -2.14. The van der Waals surface area contributed by atoms with Crippen molar-refractivity contribution >= 4 is 17.7 Å². The molecular weight excluding hydrogens is 412 g/mol. The molecule has 0 aliphatic rings. The van der Waals surface area contributed by atoms with Crippen LogP contribution in [-0.4, -0.2) is 19.1 Å². The Labute approximate surface area is 198 Å². The number of amides is 1. The lowest BCUT2D eigenvalue weighted by molar-refractivity contribution is -0.112. The molecule has 2 aromatic rings. The van der Waals surface area contributed by atoms with Gasteiger partial charge in [-0.2, -0.15) is 5.26 Å². The zero-order valence-electron chi connectivity index (χ0n) is 20.4. The molecule has 0 fully saturated rings. The minimum absolute atomic E-state index is 0.0261. The molecule has 0 aliphatic heterocycles. The van der Waals surface area contributed by atoms with Gasteiger partial charge in [-0.1, -0.05) is 62.8 Å². The third-order valence-electron chi connectivity index (χ3n) is 5.33. The van der Waals surface area contributed by atoms with E-state index >= 15 is 0 Å². The molecule has 176 valence electrons. The van der Waals surface area contributed by atoms with Crippen LogP contribution in [-0.2, 0) is 4.79 Å². The van der Waals surface area contributed by atoms with Crippen LogP contribution in [0.15, 0.2) is 42.0 Å². The number of carbonyl (C=O) groups is 1. The van der Waals surface area contributed by atoms with Gasteiger partial charge in [-0.15, -0.1) is 0 Å². The van der Waals surface area contributed by atoms with E-state index < -0.39 is 5.91 Å². The van der Waals surface area contributed by atoms with E-state index in [1.165, 1.54) is 25.7 Å². The Bertz CT molecular complexity index is 989. The van der Waals surface area contributed by atoms with Gasteiger partial charge in [0.1, 0.15) is 11.6 Å². The number of unbranched alkanes of at least 4 members (excludes halogenated alkanes) is 5. The van der Waals surface area contributed by atoms with Crippen LogP contribution in [0.2, 0.25) is 0 Å². The van der Waals surface area contributed by atoms with E-state index in [4.69, 9.17) is 9.47 Å². The second-order valence-corrected chi connectivity index (χ2v) is 8.20. The molecular formula is C28H36N2O3. The Morgan fingerprint density at radius 3 is 2.42 bits per heavy atom. The number of nitrogens with one attached hydrogen (secondary N) is 1. The lowest BCUT2D eigenvalue weighted by atomic mass is 10.1. The molecule has 0 heterocycles. The van der Waals surface area contributed by atoms with Crippen LogP contribution in [0.1, 0.15) is 69.1 Å². The lowest BCUT2D eigenvalue weighted by Gasteiger charge is -2.13. The summed E-state index contributed by atoms with van der Waals surface area (Å²) in [6.45, 7) is 9.20. The van der Waals surface area contributed by atoms with E-state index in [0.29, 0.717) is 36.0 Å². The standard InChI is InChI=1S/C28H36N2O3/c1-5-7-8-9-10-11-16-33-26-15-13-23(19-27(26)32-6-2)18-24(20-29)28(31)30-25-14-12-21(3)17-22(25)4/h12-15,17-19H,5-11,16H2,1-4H3,(H,30,31)/b24-18+. The molecule has 5 nitrogen and oxygen atoms in total. The fourth-order valence-electron chi connectivity index (χ4n) is 3.53. The number of rotatable bonds is 13. The monoisotopic (exact) mass is 448 g/mol. The van der Waals surface area contributed by atoms with Gasteiger partial charge in [-0.25, -0.2) is 0 Å². The van der Waals surface area contributed by atoms with Crippen molar-refractivity contribution in [3.8, 4) is 17.6 Å². The zero-order valence-corrected chi connectivity index (χ0v) is 20.4. The quantitative estimate of drug-likeness (QED) is 0.204. The molecule has 0 saturated heterocycles. The van der Waals surface area contributed by atoms with E-state index in [-0.39, 0.29) is 5.57 Å². The number of benzene rings is 2. The number of anilines is 1. The molecule has 0 aliphatic carbocycles. The fourth-order valence-corrected chi connectivity index (χ4v) is 3.53. The van der Waals surface area contributed by atoms with E-state index in [1.807, 2.05) is 63.2 Å². The first-order valence-corrected chi connectivity index (χ1v) is 11.9. The Kier molecular flexibility index (Phi) is 11.0. The number of hydrogen-bond acceptors (Lipinski definition) is 4. The number of nitrogens with zero attached hydrogens (tertiary/aromatic N) is 1. The molecule has 2 aromatic carbocycles. The minimum atomic E-state index is -0.439. The van der Waals surface area contributed by atoms with E-state index in [1.54, 1.807) is 6.08 Å². The Hall–Kier alpha value is -3.26. The Morgan fingerprint density at radius 1 is 0.970 bits per heavy atom. The van der Waals surface area contributed by atoms with Gasteiger partial charge >= 0.3 is 0 Å². The second-order valence-electron chi connectivity index (χ2n) is 8.20. The van der Waals surface area contributed by atoms with Crippen molar-refractivity contribution < 1.29 is 14.3 Å². The second kappa shape index (κ2) is 14.0. The third kappa shape index (κ3) is 8.65. The number of carbonyl (C=O) groups excluding carboxylic acids is 1. The predicted molar refractivity (Wildman–Crippen MR) is 135 cm³/mol. The summed E-state index contributed by atoms with van der Waals surface area (Å²) in [4.78, 5) is 12.7. The highest BCUT2D eigenvalue weighted by molar-refractivity contribution is 6.10. The average Bonchev–Trinajstić information content (AvgIpc) is 2.80. The van der Waals surface area contributed by atoms with Gasteiger partial charge in [-0.3, -0.25) is 4.79 Å². The molecule has 5 heteroatoms. The Morgan fingerprint density at radius 2 is 1.73 bits per heavy atom. The molecule has 33 heavy (non-hydrogen) atoms. The maximum Gasteiger partial charge on any atom is 0.266 e. The molecule has 1 N–H and O–H groups in total. The van der Waals surface area contributed by atoms with Crippen LogP contribution in [0.25, 0.3) is 6.08 Å². The molecule has 1 amide bonds.